The lowest BCUT2D eigenvalue weighted by Crippen LogP contribution is -2.11. The van der Waals surface area contributed by atoms with Crippen molar-refractivity contribution in [3.05, 3.63) is 0 Å². The minimum atomic E-state index is -0.551. The number of aliphatic hydroxyl groups is 1. The van der Waals surface area contributed by atoms with Gasteiger partial charge >= 0.3 is 5.97 Å². The van der Waals surface area contributed by atoms with Crippen molar-refractivity contribution in [2.24, 2.45) is 0 Å². The van der Waals surface area contributed by atoms with Gasteiger partial charge in [-0.3, -0.25) is 9.59 Å². The highest BCUT2D eigenvalue weighted by atomic mass is 16.5. The standard InChI is InChI=1S/C10H18O4/c1-8(11)7-10(13)5-3-4-6-14-9(2)12/h10,13H,3-7H2,1-2H3/t10-/m1/s1. The van der Waals surface area contributed by atoms with Crippen molar-refractivity contribution >= 4 is 11.8 Å². The maximum atomic E-state index is 10.6. The Labute approximate surface area is 84.3 Å². The van der Waals surface area contributed by atoms with E-state index in [1.165, 1.54) is 13.8 Å². The minimum absolute atomic E-state index is 0.00233. The molecule has 1 atom stereocenters. The molecule has 0 fully saturated rings. The van der Waals surface area contributed by atoms with E-state index in [2.05, 4.69) is 0 Å². The normalized spacial score (nSPS) is 12.2. The van der Waals surface area contributed by atoms with Gasteiger partial charge in [0.15, 0.2) is 0 Å². The number of hydrogen-bond acceptors (Lipinski definition) is 4. The molecule has 0 radical (unpaired) electrons. The van der Waals surface area contributed by atoms with Crippen LogP contribution in [0.4, 0.5) is 0 Å². The van der Waals surface area contributed by atoms with E-state index >= 15 is 0 Å². The first kappa shape index (κ1) is 13.1. The maximum Gasteiger partial charge on any atom is 0.302 e. The molecule has 82 valence electrons. The van der Waals surface area contributed by atoms with Crippen LogP contribution in [0.2, 0.25) is 0 Å². The molecule has 0 spiro atoms. The third kappa shape index (κ3) is 9.19. The first-order valence-electron chi connectivity index (χ1n) is 4.83. The first-order valence-corrected chi connectivity index (χ1v) is 4.83. The molecule has 0 heterocycles. The van der Waals surface area contributed by atoms with Crippen LogP contribution in [0.3, 0.4) is 0 Å². The summed E-state index contributed by atoms with van der Waals surface area (Å²) >= 11 is 0. The number of ketones is 1. The number of esters is 1. The Morgan fingerprint density at radius 3 is 2.43 bits per heavy atom. The fourth-order valence-electron chi connectivity index (χ4n) is 1.13. The summed E-state index contributed by atoms with van der Waals surface area (Å²) in [5.74, 6) is -0.285. The zero-order chi connectivity index (χ0) is 11.0. The van der Waals surface area contributed by atoms with Gasteiger partial charge in [0.1, 0.15) is 5.78 Å². The van der Waals surface area contributed by atoms with E-state index in [1.54, 1.807) is 0 Å². The van der Waals surface area contributed by atoms with E-state index in [0.717, 1.165) is 12.8 Å². The predicted octanol–water partition coefficient (Wildman–Crippen LogP) is 1.06. The average Bonchev–Trinajstić information content (AvgIpc) is 2.01. The molecule has 0 aromatic carbocycles. The summed E-state index contributed by atoms with van der Waals surface area (Å²) in [5.41, 5.74) is 0. The van der Waals surface area contributed by atoms with Gasteiger partial charge in [-0.05, 0) is 26.2 Å². The van der Waals surface area contributed by atoms with Gasteiger partial charge in [0, 0.05) is 13.3 Å². The van der Waals surface area contributed by atoms with Crippen LogP contribution in [0.5, 0.6) is 0 Å². The summed E-state index contributed by atoms with van der Waals surface area (Å²) < 4.78 is 4.72. The van der Waals surface area contributed by atoms with Gasteiger partial charge in [0.05, 0.1) is 12.7 Å². The van der Waals surface area contributed by atoms with Gasteiger partial charge in [-0.25, -0.2) is 0 Å². The SMILES string of the molecule is CC(=O)C[C@H](O)CCCCOC(C)=O. The summed E-state index contributed by atoms with van der Waals surface area (Å²) in [6.45, 7) is 3.22. The highest BCUT2D eigenvalue weighted by Crippen LogP contribution is 2.05. The summed E-state index contributed by atoms with van der Waals surface area (Å²) in [7, 11) is 0. The molecule has 0 saturated heterocycles. The molecule has 0 aromatic heterocycles. The Hall–Kier alpha value is -0.900. The molecular weight excluding hydrogens is 184 g/mol. The molecule has 0 bridgehead atoms. The van der Waals surface area contributed by atoms with Gasteiger partial charge in [0.2, 0.25) is 0 Å². The highest BCUT2D eigenvalue weighted by molar-refractivity contribution is 5.75. The van der Waals surface area contributed by atoms with Crippen LogP contribution in [-0.2, 0) is 14.3 Å². The Morgan fingerprint density at radius 2 is 1.93 bits per heavy atom. The van der Waals surface area contributed by atoms with Gasteiger partial charge in [-0.1, -0.05) is 0 Å². The van der Waals surface area contributed by atoms with Crippen LogP contribution >= 0.6 is 0 Å². The summed E-state index contributed by atoms with van der Waals surface area (Å²) in [4.78, 5) is 21.0. The van der Waals surface area contributed by atoms with Gasteiger partial charge in [-0.15, -0.1) is 0 Å². The van der Waals surface area contributed by atoms with Gasteiger partial charge in [0.25, 0.3) is 0 Å². The number of ether oxygens (including phenoxy) is 1. The Morgan fingerprint density at radius 1 is 1.29 bits per heavy atom. The lowest BCUT2D eigenvalue weighted by Gasteiger charge is -2.07. The van der Waals surface area contributed by atoms with Crippen LogP contribution in [-0.4, -0.2) is 29.6 Å². The number of rotatable bonds is 7. The second-order valence-corrected chi connectivity index (χ2v) is 3.40. The molecule has 0 amide bonds. The summed E-state index contributed by atoms with van der Waals surface area (Å²) in [5, 5.41) is 9.30. The third-order valence-electron chi connectivity index (χ3n) is 1.76. The van der Waals surface area contributed by atoms with Gasteiger partial charge < -0.3 is 9.84 Å². The van der Waals surface area contributed by atoms with Crippen molar-refractivity contribution in [1.82, 2.24) is 0 Å². The molecule has 0 saturated carbocycles. The second-order valence-electron chi connectivity index (χ2n) is 3.40. The van der Waals surface area contributed by atoms with E-state index in [4.69, 9.17) is 4.74 Å². The minimum Gasteiger partial charge on any atom is -0.466 e. The quantitative estimate of drug-likeness (QED) is 0.495. The smallest absolute Gasteiger partial charge is 0.302 e. The number of hydrogen-bond donors (Lipinski definition) is 1. The largest absolute Gasteiger partial charge is 0.466 e. The number of carbonyl (C=O) groups excluding carboxylic acids is 2. The maximum absolute atomic E-state index is 10.6. The Kier molecular flexibility index (Phi) is 7.02. The molecular formula is C10H18O4. The number of unbranched alkanes of at least 4 members (excludes halogenated alkanes) is 1. The topological polar surface area (TPSA) is 63.6 Å². The molecule has 0 aliphatic heterocycles. The molecule has 0 unspecified atom stereocenters. The number of Topliss-reactive ketones (excluding diaryl/α,β-unsaturated/α-hetero) is 1. The summed E-state index contributed by atoms with van der Waals surface area (Å²) in [6.07, 6.45) is 1.75. The van der Waals surface area contributed by atoms with Crippen LogP contribution < -0.4 is 0 Å². The second kappa shape index (κ2) is 7.50. The zero-order valence-corrected chi connectivity index (χ0v) is 8.78. The number of aliphatic hydroxyl groups excluding tert-OH is 1. The highest BCUT2D eigenvalue weighted by Gasteiger charge is 2.06. The Balaban J connectivity index is 3.27. The fraction of sp³-hybridized carbons (Fsp3) is 0.800. The third-order valence-corrected chi connectivity index (χ3v) is 1.76. The lowest BCUT2D eigenvalue weighted by atomic mass is 10.1. The van der Waals surface area contributed by atoms with Crippen molar-refractivity contribution in [1.29, 1.82) is 0 Å². The molecule has 4 heteroatoms. The molecule has 0 aromatic rings. The summed E-state index contributed by atoms with van der Waals surface area (Å²) in [6, 6.07) is 0. The average molecular weight is 202 g/mol. The molecule has 0 rings (SSSR count). The lowest BCUT2D eigenvalue weighted by molar-refractivity contribution is -0.141. The van der Waals surface area contributed by atoms with Crippen molar-refractivity contribution in [3.63, 3.8) is 0 Å². The van der Waals surface area contributed by atoms with E-state index in [-0.39, 0.29) is 18.2 Å². The molecule has 0 aliphatic rings. The van der Waals surface area contributed by atoms with Crippen LogP contribution in [0.1, 0.15) is 39.5 Å². The van der Waals surface area contributed by atoms with Gasteiger partial charge in [-0.2, -0.15) is 0 Å². The number of carbonyl (C=O) groups is 2. The predicted molar refractivity (Wildman–Crippen MR) is 51.8 cm³/mol. The van der Waals surface area contributed by atoms with Crippen LogP contribution in [0.15, 0.2) is 0 Å². The fourth-order valence-corrected chi connectivity index (χ4v) is 1.13. The first-order chi connectivity index (χ1) is 6.52. The Bertz CT molecular complexity index is 189. The van der Waals surface area contributed by atoms with E-state index in [1.807, 2.05) is 0 Å². The monoisotopic (exact) mass is 202 g/mol. The van der Waals surface area contributed by atoms with Crippen LogP contribution in [0.25, 0.3) is 0 Å². The van der Waals surface area contributed by atoms with Crippen molar-refractivity contribution in [3.8, 4) is 0 Å². The van der Waals surface area contributed by atoms with Crippen LogP contribution in [0, 0.1) is 0 Å². The molecule has 1 N–H and O–H groups in total. The van der Waals surface area contributed by atoms with Crippen molar-refractivity contribution in [2.45, 2.75) is 45.6 Å². The van der Waals surface area contributed by atoms with Crippen molar-refractivity contribution < 1.29 is 19.4 Å². The molecule has 0 aliphatic carbocycles. The van der Waals surface area contributed by atoms with Crippen molar-refractivity contribution in [2.75, 3.05) is 6.61 Å². The van der Waals surface area contributed by atoms with E-state index in [0.29, 0.717) is 13.0 Å². The molecule has 14 heavy (non-hydrogen) atoms. The molecule has 4 nitrogen and oxygen atoms in total. The zero-order valence-electron chi connectivity index (χ0n) is 8.78. The van der Waals surface area contributed by atoms with E-state index in [9.17, 15) is 14.7 Å². The van der Waals surface area contributed by atoms with E-state index < -0.39 is 6.10 Å².